The van der Waals surface area contributed by atoms with Crippen LogP contribution >= 0.6 is 12.4 Å². The van der Waals surface area contributed by atoms with E-state index in [1.807, 2.05) is 50.3 Å². The Hall–Kier alpha value is -2.09. The molecule has 1 heterocycles. The number of hydrogen-bond acceptors (Lipinski definition) is 6. The summed E-state index contributed by atoms with van der Waals surface area (Å²) in [6, 6.07) is 7.78. The van der Waals surface area contributed by atoms with Gasteiger partial charge in [0, 0.05) is 19.1 Å². The molecule has 178 valence electrons. The van der Waals surface area contributed by atoms with Crippen molar-refractivity contribution in [2.75, 3.05) is 31.6 Å². The second-order valence-electron chi connectivity index (χ2n) is 8.55. The van der Waals surface area contributed by atoms with Gasteiger partial charge in [-0.2, -0.15) is 0 Å². The number of fused-ring (bicyclic) bond motifs is 1. The summed E-state index contributed by atoms with van der Waals surface area (Å²) in [5.41, 5.74) is 0.940. The maximum Gasteiger partial charge on any atom is 0.233 e. The van der Waals surface area contributed by atoms with Crippen LogP contribution in [0.4, 0.5) is 5.69 Å². The zero-order chi connectivity index (χ0) is 22.2. The van der Waals surface area contributed by atoms with Crippen LogP contribution in [0, 0.1) is 11.8 Å². The topological polar surface area (TPSA) is 90.9 Å². The molecule has 0 aromatic heterocycles. The molecule has 1 aliphatic carbocycles. The normalized spacial score (nSPS) is 20.8. The molecule has 0 saturated carbocycles. The highest BCUT2D eigenvalue weighted by molar-refractivity contribution is 6.05. The molecular weight excluding hydrogens is 430 g/mol. The van der Waals surface area contributed by atoms with Gasteiger partial charge in [0.25, 0.3) is 0 Å². The highest BCUT2D eigenvalue weighted by atomic mass is 35.5. The Kier molecular flexibility index (Phi) is 10.5. The third-order valence-electron chi connectivity index (χ3n) is 5.87. The van der Waals surface area contributed by atoms with Gasteiger partial charge in [0.05, 0.1) is 30.2 Å². The van der Waals surface area contributed by atoms with E-state index in [9.17, 15) is 14.7 Å². The van der Waals surface area contributed by atoms with E-state index in [1.54, 1.807) is 0 Å². The number of nitrogens with zero attached hydrogens (tertiary/aromatic N) is 1. The average molecular weight is 466 g/mol. The molecule has 3 N–H and O–H groups in total. The van der Waals surface area contributed by atoms with Crippen molar-refractivity contribution in [2.45, 2.75) is 51.7 Å². The first-order chi connectivity index (χ1) is 15.0. The molecule has 3 rings (SSSR count). The molecule has 2 aliphatic rings. The Morgan fingerprint density at radius 2 is 1.75 bits per heavy atom. The Labute approximate surface area is 197 Å². The lowest BCUT2D eigenvalue weighted by Crippen LogP contribution is -2.38. The summed E-state index contributed by atoms with van der Waals surface area (Å²) in [7, 11) is 0. The number of halogens is 1. The minimum Gasteiger partial charge on any atom is -0.489 e. The summed E-state index contributed by atoms with van der Waals surface area (Å²) in [5.74, 6) is 0.448. The molecule has 1 saturated heterocycles. The second-order valence-corrected chi connectivity index (χ2v) is 8.55. The van der Waals surface area contributed by atoms with Crippen molar-refractivity contribution in [3.63, 3.8) is 0 Å². The molecule has 2 amide bonds. The lowest BCUT2D eigenvalue weighted by atomic mass is 9.85. The molecule has 1 fully saturated rings. The first kappa shape index (κ1) is 26.2. The largest absolute Gasteiger partial charge is 0.489 e. The minimum absolute atomic E-state index is 0. The summed E-state index contributed by atoms with van der Waals surface area (Å²) in [6.45, 7) is 5.80. The third kappa shape index (κ3) is 6.70. The number of imide groups is 1. The van der Waals surface area contributed by atoms with Gasteiger partial charge in [-0.3, -0.25) is 14.5 Å². The molecule has 1 aromatic carbocycles. The van der Waals surface area contributed by atoms with Gasteiger partial charge in [-0.15, -0.1) is 12.4 Å². The zero-order valence-electron chi connectivity index (χ0n) is 19.0. The predicted octanol–water partition coefficient (Wildman–Crippen LogP) is 2.99. The number of aliphatic hydroxyl groups excluding tert-OH is 1. The van der Waals surface area contributed by atoms with E-state index in [4.69, 9.17) is 4.74 Å². The molecular formula is C24H36ClN3O4. The molecule has 1 aliphatic heterocycles. The number of aliphatic hydroxyl groups is 1. The number of para-hydroxylation sites is 2. The summed E-state index contributed by atoms with van der Waals surface area (Å²) >= 11 is 0. The summed E-state index contributed by atoms with van der Waals surface area (Å²) < 4.78 is 5.82. The first-order valence-corrected chi connectivity index (χ1v) is 11.3. The Morgan fingerprint density at radius 1 is 1.09 bits per heavy atom. The van der Waals surface area contributed by atoms with Gasteiger partial charge in [-0.25, -0.2) is 0 Å². The highest BCUT2D eigenvalue weighted by Gasteiger charge is 2.46. The fourth-order valence-electron chi connectivity index (χ4n) is 4.24. The van der Waals surface area contributed by atoms with E-state index in [-0.39, 0.29) is 54.8 Å². The van der Waals surface area contributed by atoms with Gasteiger partial charge >= 0.3 is 0 Å². The molecule has 0 spiro atoms. The van der Waals surface area contributed by atoms with Crippen molar-refractivity contribution in [2.24, 2.45) is 11.8 Å². The summed E-state index contributed by atoms with van der Waals surface area (Å²) in [4.78, 5) is 26.4. The molecule has 0 radical (unpaired) electrons. The molecule has 7 nitrogen and oxygen atoms in total. The number of hydrogen-bond donors (Lipinski definition) is 3. The van der Waals surface area contributed by atoms with Crippen molar-refractivity contribution in [1.82, 2.24) is 10.2 Å². The molecule has 0 bridgehead atoms. The molecule has 3 atom stereocenters. The van der Waals surface area contributed by atoms with Crippen LogP contribution in [0.25, 0.3) is 0 Å². The van der Waals surface area contributed by atoms with Crippen LogP contribution in [0.1, 0.15) is 39.5 Å². The van der Waals surface area contributed by atoms with E-state index in [2.05, 4.69) is 10.6 Å². The molecule has 32 heavy (non-hydrogen) atoms. The number of carbonyl (C=O) groups is 2. The van der Waals surface area contributed by atoms with Crippen molar-refractivity contribution >= 4 is 29.9 Å². The zero-order valence-corrected chi connectivity index (χ0v) is 19.8. The fraction of sp³-hybridized carbons (Fsp3) is 0.583. The average Bonchev–Trinajstić information content (AvgIpc) is 3.01. The number of anilines is 1. The van der Waals surface area contributed by atoms with Gasteiger partial charge in [-0.05, 0) is 58.2 Å². The van der Waals surface area contributed by atoms with Crippen molar-refractivity contribution < 1.29 is 19.4 Å². The van der Waals surface area contributed by atoms with Crippen LogP contribution in [0.15, 0.2) is 36.4 Å². The van der Waals surface area contributed by atoms with Crippen LogP contribution < -0.4 is 15.4 Å². The Morgan fingerprint density at radius 3 is 2.38 bits per heavy atom. The van der Waals surface area contributed by atoms with E-state index in [0.29, 0.717) is 38.9 Å². The lowest BCUT2D eigenvalue weighted by molar-refractivity contribution is -0.139. The maximum atomic E-state index is 12.5. The Balaban J connectivity index is 0.00000363. The van der Waals surface area contributed by atoms with Gasteiger partial charge in [0.1, 0.15) is 5.75 Å². The van der Waals surface area contributed by atoms with Gasteiger partial charge in [0.15, 0.2) is 0 Å². The van der Waals surface area contributed by atoms with Gasteiger partial charge in [0.2, 0.25) is 11.8 Å². The number of benzene rings is 1. The number of allylic oxidation sites excluding steroid dienone is 2. The number of carbonyl (C=O) groups excluding carboxylic acids is 2. The fourth-order valence-corrected chi connectivity index (χ4v) is 4.24. The number of ether oxygens (including phenoxy) is 1. The summed E-state index contributed by atoms with van der Waals surface area (Å²) in [6.07, 6.45) is 6.88. The predicted molar refractivity (Wildman–Crippen MR) is 128 cm³/mol. The van der Waals surface area contributed by atoms with E-state index < -0.39 is 0 Å². The standard InChI is InChI=1S/C24H35N3O4.ClH/c1-17(2)31-22-11-6-5-10-21(22)26-14-12-18(16-28)25-13-7-15-27-23(29)19-8-3-4-9-20(19)24(27)30;/h3-6,10-11,17-20,25-26,28H,7-9,12-16H2,1-2H3;1H. The Bertz CT molecular complexity index is 760. The van der Waals surface area contributed by atoms with E-state index in [0.717, 1.165) is 17.9 Å². The number of rotatable bonds is 12. The molecule has 8 heteroatoms. The smallest absolute Gasteiger partial charge is 0.233 e. The number of likely N-dealkylation sites (tertiary alicyclic amines) is 1. The monoisotopic (exact) mass is 465 g/mol. The van der Waals surface area contributed by atoms with Crippen molar-refractivity contribution in [3.05, 3.63) is 36.4 Å². The van der Waals surface area contributed by atoms with Crippen molar-refractivity contribution in [1.29, 1.82) is 0 Å². The number of nitrogens with one attached hydrogen (secondary N) is 2. The molecule has 3 unspecified atom stereocenters. The lowest BCUT2D eigenvalue weighted by Gasteiger charge is -2.20. The van der Waals surface area contributed by atoms with E-state index >= 15 is 0 Å². The van der Waals surface area contributed by atoms with Crippen LogP contribution in [-0.2, 0) is 9.59 Å². The van der Waals surface area contributed by atoms with Crippen LogP contribution in [0.3, 0.4) is 0 Å². The van der Waals surface area contributed by atoms with Crippen LogP contribution in [-0.4, -0.2) is 60.2 Å². The SMILES string of the molecule is CC(C)Oc1ccccc1NCCC(CO)NCCCN1C(=O)C2CC=CCC2C1=O.Cl. The van der Waals surface area contributed by atoms with Gasteiger partial charge < -0.3 is 20.5 Å². The molecule has 1 aromatic rings. The summed E-state index contributed by atoms with van der Waals surface area (Å²) in [5, 5.41) is 16.4. The minimum atomic E-state index is -0.163. The second kappa shape index (κ2) is 12.8. The third-order valence-corrected chi connectivity index (χ3v) is 5.87. The highest BCUT2D eigenvalue weighted by Crippen LogP contribution is 2.35. The maximum absolute atomic E-state index is 12.5. The van der Waals surface area contributed by atoms with Crippen LogP contribution in [0.5, 0.6) is 5.75 Å². The first-order valence-electron chi connectivity index (χ1n) is 11.3. The van der Waals surface area contributed by atoms with Gasteiger partial charge in [-0.1, -0.05) is 24.3 Å². The van der Waals surface area contributed by atoms with Crippen LogP contribution in [0.2, 0.25) is 0 Å². The number of amides is 2. The quantitative estimate of drug-likeness (QED) is 0.250. The van der Waals surface area contributed by atoms with Crippen molar-refractivity contribution in [3.8, 4) is 5.75 Å². The van der Waals surface area contributed by atoms with E-state index in [1.165, 1.54) is 4.90 Å².